The maximum Gasteiger partial charge on any atom is 0.301 e. The third kappa shape index (κ3) is 4.02. The van der Waals surface area contributed by atoms with Gasteiger partial charge < -0.3 is 0 Å². The zero-order valence-electron chi connectivity index (χ0n) is 13.4. The third-order valence-corrected chi connectivity index (χ3v) is 4.19. The summed E-state index contributed by atoms with van der Waals surface area (Å²) in [7, 11) is 0. The van der Waals surface area contributed by atoms with Gasteiger partial charge in [0.25, 0.3) is 5.69 Å². The first-order chi connectivity index (χ1) is 10.7. The lowest BCUT2D eigenvalue weighted by Crippen LogP contribution is -2.29. The molecular weight excluding hydrogens is 300 g/mol. The molecule has 0 aliphatic heterocycles. The molecule has 1 aromatic carbocycles. The molecule has 1 unspecified atom stereocenters. The van der Waals surface area contributed by atoms with Crippen LogP contribution in [0.5, 0.6) is 0 Å². The third-order valence-electron chi connectivity index (χ3n) is 4.19. The van der Waals surface area contributed by atoms with E-state index in [1.807, 2.05) is 0 Å². The SMILES string of the molecule is CC1CC(C)(C)CC/C1=N\Nc1ccc([N+](=O)[O-])cc1[N+](=O)[O-]. The predicted molar refractivity (Wildman–Crippen MR) is 87.6 cm³/mol. The van der Waals surface area contributed by atoms with E-state index in [1.54, 1.807) is 0 Å². The summed E-state index contributed by atoms with van der Waals surface area (Å²) in [6.07, 6.45) is 2.86. The van der Waals surface area contributed by atoms with Gasteiger partial charge in [0.05, 0.1) is 15.9 Å². The molecule has 0 spiro atoms. The smallest absolute Gasteiger partial charge is 0.272 e. The molecule has 1 aliphatic rings. The molecule has 1 aliphatic carbocycles. The first-order valence-electron chi connectivity index (χ1n) is 7.45. The molecule has 1 fully saturated rings. The summed E-state index contributed by atoms with van der Waals surface area (Å²) in [6, 6.07) is 3.48. The van der Waals surface area contributed by atoms with Gasteiger partial charge in [-0.1, -0.05) is 20.8 Å². The number of nitrogens with one attached hydrogen (secondary N) is 1. The van der Waals surface area contributed by atoms with Gasteiger partial charge in [-0.3, -0.25) is 25.7 Å². The predicted octanol–water partition coefficient (Wildman–Crippen LogP) is 4.12. The summed E-state index contributed by atoms with van der Waals surface area (Å²) in [6.45, 7) is 6.52. The Balaban J connectivity index is 2.22. The Labute approximate surface area is 133 Å². The van der Waals surface area contributed by atoms with Crippen LogP contribution in [-0.2, 0) is 0 Å². The van der Waals surface area contributed by atoms with E-state index in [-0.39, 0.29) is 22.5 Å². The Morgan fingerprint density at radius 2 is 1.96 bits per heavy atom. The number of benzene rings is 1. The van der Waals surface area contributed by atoms with E-state index in [0.717, 1.165) is 31.0 Å². The van der Waals surface area contributed by atoms with E-state index < -0.39 is 9.85 Å². The van der Waals surface area contributed by atoms with Crippen molar-refractivity contribution in [3.8, 4) is 0 Å². The molecule has 0 amide bonds. The molecule has 1 N–H and O–H groups in total. The summed E-state index contributed by atoms with van der Waals surface area (Å²) >= 11 is 0. The fourth-order valence-corrected chi connectivity index (χ4v) is 2.94. The highest BCUT2D eigenvalue weighted by molar-refractivity contribution is 5.88. The molecule has 2 rings (SSSR count). The van der Waals surface area contributed by atoms with Crippen molar-refractivity contribution in [1.82, 2.24) is 0 Å². The molecule has 8 heteroatoms. The van der Waals surface area contributed by atoms with Crippen molar-refractivity contribution in [2.45, 2.75) is 40.0 Å². The Kier molecular flexibility index (Phi) is 4.63. The van der Waals surface area contributed by atoms with Crippen LogP contribution < -0.4 is 5.43 Å². The monoisotopic (exact) mass is 320 g/mol. The second-order valence-electron chi connectivity index (χ2n) is 6.70. The fraction of sp³-hybridized carbons (Fsp3) is 0.533. The summed E-state index contributed by atoms with van der Waals surface area (Å²) in [5.41, 5.74) is 3.44. The van der Waals surface area contributed by atoms with E-state index in [9.17, 15) is 20.2 Å². The van der Waals surface area contributed by atoms with Gasteiger partial charge in [-0.2, -0.15) is 5.10 Å². The minimum Gasteiger partial charge on any atom is -0.272 e. The van der Waals surface area contributed by atoms with Gasteiger partial charge in [0.1, 0.15) is 5.69 Å². The number of hydrogen-bond acceptors (Lipinski definition) is 6. The van der Waals surface area contributed by atoms with E-state index in [1.165, 1.54) is 12.1 Å². The van der Waals surface area contributed by atoms with Crippen LogP contribution in [0.2, 0.25) is 0 Å². The molecule has 1 atom stereocenters. The number of rotatable bonds is 4. The zero-order valence-corrected chi connectivity index (χ0v) is 13.4. The van der Waals surface area contributed by atoms with E-state index in [0.29, 0.717) is 5.92 Å². The molecule has 0 radical (unpaired) electrons. The highest BCUT2D eigenvalue weighted by atomic mass is 16.6. The molecule has 1 aromatic rings. The quantitative estimate of drug-likeness (QED) is 0.662. The minimum absolute atomic E-state index is 0.158. The zero-order chi connectivity index (χ0) is 17.2. The Hall–Kier alpha value is -2.51. The minimum atomic E-state index is -0.659. The Morgan fingerprint density at radius 1 is 1.26 bits per heavy atom. The molecule has 1 saturated carbocycles. The number of anilines is 1. The van der Waals surface area contributed by atoms with Crippen molar-refractivity contribution >= 4 is 22.8 Å². The average molecular weight is 320 g/mol. The van der Waals surface area contributed by atoms with Crippen molar-refractivity contribution in [3.63, 3.8) is 0 Å². The summed E-state index contributed by atoms with van der Waals surface area (Å²) < 4.78 is 0. The van der Waals surface area contributed by atoms with E-state index >= 15 is 0 Å². The Morgan fingerprint density at radius 3 is 2.52 bits per heavy atom. The number of nitro groups is 2. The molecule has 0 bridgehead atoms. The standard InChI is InChI=1S/C15H20N4O4/c1-10-9-15(2,3)7-6-12(10)16-17-13-5-4-11(18(20)21)8-14(13)19(22)23/h4-5,8,10,17H,6-7,9H2,1-3H3/b16-12+. The number of non-ortho nitro benzene ring substituents is 1. The van der Waals surface area contributed by atoms with Crippen molar-refractivity contribution in [2.24, 2.45) is 16.4 Å². The summed E-state index contributed by atoms with van der Waals surface area (Å²) in [4.78, 5) is 20.5. The van der Waals surface area contributed by atoms with Crippen LogP contribution in [-0.4, -0.2) is 15.6 Å². The van der Waals surface area contributed by atoms with Crippen LogP contribution in [0, 0.1) is 31.6 Å². The Bertz CT molecular complexity index is 669. The first kappa shape index (κ1) is 16.9. The lowest BCUT2D eigenvalue weighted by atomic mass is 9.72. The van der Waals surface area contributed by atoms with Crippen LogP contribution in [0.4, 0.5) is 17.1 Å². The number of nitro benzene ring substituents is 2. The topological polar surface area (TPSA) is 111 Å². The van der Waals surface area contributed by atoms with Crippen LogP contribution in [0.15, 0.2) is 23.3 Å². The van der Waals surface area contributed by atoms with Gasteiger partial charge in [0.15, 0.2) is 0 Å². The lowest BCUT2D eigenvalue weighted by Gasteiger charge is -2.34. The number of hydrogen-bond donors (Lipinski definition) is 1. The van der Waals surface area contributed by atoms with Gasteiger partial charge in [-0.15, -0.1) is 0 Å². The van der Waals surface area contributed by atoms with Gasteiger partial charge >= 0.3 is 5.69 Å². The van der Waals surface area contributed by atoms with Crippen LogP contribution in [0.1, 0.15) is 40.0 Å². The van der Waals surface area contributed by atoms with Crippen molar-refractivity contribution < 1.29 is 9.85 Å². The molecular formula is C15H20N4O4. The normalized spacial score (nSPS) is 21.9. The van der Waals surface area contributed by atoms with Gasteiger partial charge in [0, 0.05) is 11.8 Å². The van der Waals surface area contributed by atoms with E-state index in [4.69, 9.17) is 0 Å². The highest BCUT2D eigenvalue weighted by Crippen LogP contribution is 2.37. The average Bonchev–Trinajstić information content (AvgIpc) is 2.45. The highest BCUT2D eigenvalue weighted by Gasteiger charge is 2.30. The number of nitrogens with zero attached hydrogens (tertiary/aromatic N) is 3. The maximum atomic E-state index is 11.1. The van der Waals surface area contributed by atoms with Crippen molar-refractivity contribution in [2.75, 3.05) is 5.43 Å². The van der Waals surface area contributed by atoms with Crippen LogP contribution in [0.25, 0.3) is 0 Å². The molecule has 23 heavy (non-hydrogen) atoms. The first-order valence-corrected chi connectivity index (χ1v) is 7.45. The largest absolute Gasteiger partial charge is 0.301 e. The van der Waals surface area contributed by atoms with Crippen molar-refractivity contribution in [1.29, 1.82) is 0 Å². The molecule has 8 nitrogen and oxygen atoms in total. The lowest BCUT2D eigenvalue weighted by molar-refractivity contribution is -0.393. The van der Waals surface area contributed by atoms with Crippen LogP contribution >= 0.6 is 0 Å². The molecule has 0 saturated heterocycles. The van der Waals surface area contributed by atoms with Gasteiger partial charge in [-0.25, -0.2) is 0 Å². The second-order valence-corrected chi connectivity index (χ2v) is 6.70. The van der Waals surface area contributed by atoms with Gasteiger partial charge in [-0.05, 0) is 36.7 Å². The number of hydrazone groups is 1. The molecule has 124 valence electrons. The summed E-state index contributed by atoms with van der Waals surface area (Å²) in [5.74, 6) is 0.295. The fourth-order valence-electron chi connectivity index (χ4n) is 2.94. The van der Waals surface area contributed by atoms with E-state index in [2.05, 4.69) is 31.3 Å². The van der Waals surface area contributed by atoms with Gasteiger partial charge in [0.2, 0.25) is 0 Å². The molecule has 0 heterocycles. The molecule has 0 aromatic heterocycles. The maximum absolute atomic E-state index is 11.1. The van der Waals surface area contributed by atoms with Crippen molar-refractivity contribution in [3.05, 3.63) is 38.4 Å². The summed E-state index contributed by atoms with van der Waals surface area (Å²) in [5, 5.41) is 26.1. The second kappa shape index (κ2) is 6.31. The van der Waals surface area contributed by atoms with Crippen LogP contribution in [0.3, 0.4) is 0 Å².